The molecule has 5 rings (SSSR count). The molecule has 2 atom stereocenters. The summed E-state index contributed by atoms with van der Waals surface area (Å²) in [4.78, 5) is 5.74. The summed E-state index contributed by atoms with van der Waals surface area (Å²) in [6.07, 6.45) is 2.85. The van der Waals surface area contributed by atoms with E-state index in [9.17, 15) is 0 Å². The van der Waals surface area contributed by atoms with Gasteiger partial charge in [-0.1, -0.05) is 0 Å². The van der Waals surface area contributed by atoms with Crippen LogP contribution in [0.3, 0.4) is 0 Å². The number of H-pyrrole nitrogens is 1. The van der Waals surface area contributed by atoms with Gasteiger partial charge >= 0.3 is 0 Å². The number of azo groups is 1. The number of benzene rings is 2. The van der Waals surface area contributed by atoms with Gasteiger partial charge in [-0.3, -0.25) is 0 Å². The summed E-state index contributed by atoms with van der Waals surface area (Å²) in [6.45, 7) is 4.14. The SMILES string of the molecule is COc1cc(N2CCCC2)c(OC)cc1/N=N/c1ccc2[nH]c(C3OC3C)cc2c1. The van der Waals surface area contributed by atoms with Crippen molar-refractivity contribution in [3.63, 3.8) is 0 Å². The maximum Gasteiger partial charge on any atom is 0.148 e. The number of fused-ring (bicyclic) bond motifs is 1. The zero-order valence-corrected chi connectivity index (χ0v) is 17.5. The summed E-state index contributed by atoms with van der Waals surface area (Å²) in [5.74, 6) is 1.47. The van der Waals surface area contributed by atoms with Crippen LogP contribution in [-0.2, 0) is 4.74 Å². The molecule has 3 aromatic rings. The number of methoxy groups -OCH3 is 2. The van der Waals surface area contributed by atoms with Crippen LogP contribution in [0.4, 0.5) is 17.1 Å². The van der Waals surface area contributed by atoms with Gasteiger partial charge in [-0.15, -0.1) is 5.11 Å². The smallest absolute Gasteiger partial charge is 0.148 e. The minimum absolute atomic E-state index is 0.174. The Labute approximate surface area is 175 Å². The van der Waals surface area contributed by atoms with Gasteiger partial charge in [0.1, 0.15) is 23.3 Å². The van der Waals surface area contributed by atoms with Crippen LogP contribution in [0.1, 0.15) is 31.6 Å². The molecule has 0 saturated carbocycles. The Balaban J connectivity index is 1.44. The van der Waals surface area contributed by atoms with E-state index in [0.717, 1.165) is 46.8 Å². The molecule has 2 aliphatic rings. The van der Waals surface area contributed by atoms with Gasteiger partial charge in [-0.05, 0) is 44.0 Å². The molecule has 30 heavy (non-hydrogen) atoms. The largest absolute Gasteiger partial charge is 0.494 e. The van der Waals surface area contributed by atoms with Crippen LogP contribution in [0, 0.1) is 0 Å². The average molecular weight is 406 g/mol. The van der Waals surface area contributed by atoms with Gasteiger partial charge < -0.3 is 24.1 Å². The quantitative estimate of drug-likeness (QED) is 0.423. The molecule has 2 aliphatic heterocycles. The molecule has 0 amide bonds. The number of aromatic nitrogens is 1. The van der Waals surface area contributed by atoms with Crippen LogP contribution in [0.5, 0.6) is 11.5 Å². The molecule has 2 saturated heterocycles. The Bertz CT molecular complexity index is 1100. The van der Waals surface area contributed by atoms with Crippen LogP contribution in [0.2, 0.25) is 0 Å². The van der Waals surface area contributed by atoms with Gasteiger partial charge in [0.25, 0.3) is 0 Å². The monoisotopic (exact) mass is 406 g/mol. The third-order valence-electron chi connectivity index (χ3n) is 5.84. The van der Waals surface area contributed by atoms with E-state index < -0.39 is 0 Å². The van der Waals surface area contributed by atoms with Crippen molar-refractivity contribution in [1.29, 1.82) is 0 Å². The van der Waals surface area contributed by atoms with Crippen LogP contribution in [-0.4, -0.2) is 38.4 Å². The Morgan fingerprint density at radius 3 is 2.47 bits per heavy atom. The number of nitrogens with one attached hydrogen (secondary N) is 1. The molecule has 2 unspecified atom stereocenters. The first-order valence-electron chi connectivity index (χ1n) is 10.4. The standard InChI is InChI=1S/C23H26N4O3/c1-14-23(30-14)19-11-15-10-16(6-7-17(15)24-19)25-26-18-12-22(29-3)20(13-21(18)28-2)27-8-4-5-9-27/h6-7,10-14,23-24H,4-5,8-9H2,1-3H3/b26-25+. The number of ether oxygens (including phenoxy) is 3. The Morgan fingerprint density at radius 1 is 1.00 bits per heavy atom. The average Bonchev–Trinajstić information content (AvgIpc) is 3.15. The number of anilines is 1. The predicted octanol–water partition coefficient (Wildman–Crippen LogP) is 5.66. The topological polar surface area (TPSA) is 74.7 Å². The van der Waals surface area contributed by atoms with E-state index in [4.69, 9.17) is 14.2 Å². The maximum absolute atomic E-state index is 5.63. The van der Waals surface area contributed by atoms with Gasteiger partial charge in [0.2, 0.25) is 0 Å². The molecule has 1 N–H and O–H groups in total. The highest BCUT2D eigenvalue weighted by atomic mass is 16.6. The van der Waals surface area contributed by atoms with Crippen molar-refractivity contribution in [2.24, 2.45) is 10.2 Å². The van der Waals surface area contributed by atoms with Crippen molar-refractivity contribution in [1.82, 2.24) is 4.98 Å². The van der Waals surface area contributed by atoms with Crippen LogP contribution < -0.4 is 14.4 Å². The number of rotatable bonds is 6. The van der Waals surface area contributed by atoms with Crippen molar-refractivity contribution in [2.45, 2.75) is 32.0 Å². The molecule has 7 heteroatoms. The summed E-state index contributed by atoms with van der Waals surface area (Å²) in [7, 11) is 3.34. The lowest BCUT2D eigenvalue weighted by Crippen LogP contribution is -2.18. The van der Waals surface area contributed by atoms with Crippen molar-refractivity contribution in [2.75, 3.05) is 32.2 Å². The highest BCUT2D eigenvalue weighted by molar-refractivity contribution is 5.83. The maximum atomic E-state index is 5.63. The van der Waals surface area contributed by atoms with E-state index in [1.54, 1.807) is 14.2 Å². The molecule has 0 spiro atoms. The van der Waals surface area contributed by atoms with E-state index in [1.165, 1.54) is 12.8 Å². The zero-order valence-electron chi connectivity index (χ0n) is 17.5. The molecule has 156 valence electrons. The predicted molar refractivity (Wildman–Crippen MR) is 117 cm³/mol. The summed E-state index contributed by atoms with van der Waals surface area (Å²) < 4.78 is 16.8. The Kier molecular flexibility index (Phi) is 4.83. The zero-order chi connectivity index (χ0) is 20.7. The first kappa shape index (κ1) is 18.9. The second kappa shape index (κ2) is 7.65. The first-order chi connectivity index (χ1) is 14.7. The lowest BCUT2D eigenvalue weighted by Gasteiger charge is -2.21. The molecule has 0 aliphatic carbocycles. The minimum Gasteiger partial charge on any atom is -0.494 e. The fourth-order valence-corrected chi connectivity index (χ4v) is 4.13. The fourth-order valence-electron chi connectivity index (χ4n) is 4.13. The van der Waals surface area contributed by atoms with Crippen molar-refractivity contribution < 1.29 is 14.2 Å². The van der Waals surface area contributed by atoms with Crippen molar-refractivity contribution in [3.8, 4) is 11.5 Å². The summed E-state index contributed by atoms with van der Waals surface area (Å²) >= 11 is 0. The van der Waals surface area contributed by atoms with Gasteiger partial charge in [-0.25, -0.2) is 0 Å². The summed E-state index contributed by atoms with van der Waals surface area (Å²) in [5, 5.41) is 10.0. The second-order valence-corrected chi connectivity index (χ2v) is 7.85. The van der Waals surface area contributed by atoms with Crippen LogP contribution in [0.15, 0.2) is 46.6 Å². The molecular formula is C23H26N4O3. The van der Waals surface area contributed by atoms with Gasteiger partial charge in [0, 0.05) is 41.8 Å². The molecule has 2 fully saturated rings. The molecule has 3 heterocycles. The van der Waals surface area contributed by atoms with Gasteiger partial charge in [0.05, 0.1) is 31.7 Å². The van der Waals surface area contributed by atoms with Crippen molar-refractivity contribution in [3.05, 3.63) is 42.1 Å². The third kappa shape index (κ3) is 3.50. The summed E-state index contributed by atoms with van der Waals surface area (Å²) in [5.41, 5.74) is 4.65. The number of aromatic amines is 1. The minimum atomic E-state index is 0.174. The van der Waals surface area contributed by atoms with E-state index in [1.807, 2.05) is 30.3 Å². The van der Waals surface area contributed by atoms with E-state index in [0.29, 0.717) is 11.4 Å². The molecular weight excluding hydrogens is 380 g/mol. The number of hydrogen-bond acceptors (Lipinski definition) is 6. The molecule has 0 bridgehead atoms. The molecule has 1 aromatic heterocycles. The first-order valence-corrected chi connectivity index (χ1v) is 10.4. The highest BCUT2D eigenvalue weighted by Crippen LogP contribution is 2.42. The molecule has 0 radical (unpaired) electrons. The lowest BCUT2D eigenvalue weighted by atomic mass is 10.2. The number of hydrogen-bond donors (Lipinski definition) is 1. The van der Waals surface area contributed by atoms with Gasteiger partial charge in [-0.2, -0.15) is 5.11 Å². The van der Waals surface area contributed by atoms with E-state index in [2.05, 4.69) is 33.1 Å². The lowest BCUT2D eigenvalue weighted by molar-refractivity contribution is 0.381. The van der Waals surface area contributed by atoms with E-state index in [-0.39, 0.29) is 12.2 Å². The number of epoxide rings is 1. The van der Waals surface area contributed by atoms with Gasteiger partial charge in [0.15, 0.2) is 0 Å². The van der Waals surface area contributed by atoms with Crippen molar-refractivity contribution >= 4 is 28.0 Å². The van der Waals surface area contributed by atoms with E-state index >= 15 is 0 Å². The number of nitrogens with zero attached hydrogens (tertiary/aromatic N) is 3. The van der Waals surface area contributed by atoms with Crippen LogP contribution >= 0.6 is 0 Å². The summed E-state index contributed by atoms with van der Waals surface area (Å²) in [6, 6.07) is 12.0. The molecule has 7 nitrogen and oxygen atoms in total. The highest BCUT2D eigenvalue weighted by Gasteiger charge is 2.36. The Hall–Kier alpha value is -3.06. The molecule has 2 aromatic carbocycles. The normalized spacial score (nSPS) is 21.0. The second-order valence-electron chi connectivity index (χ2n) is 7.85. The fraction of sp³-hybridized carbons (Fsp3) is 0.391. The van der Waals surface area contributed by atoms with Crippen LogP contribution in [0.25, 0.3) is 10.9 Å². The Morgan fingerprint density at radius 2 is 1.77 bits per heavy atom. The third-order valence-corrected chi connectivity index (χ3v) is 5.84.